The minimum absolute atomic E-state index is 0.142. The summed E-state index contributed by atoms with van der Waals surface area (Å²) >= 11 is 12.5. The summed E-state index contributed by atoms with van der Waals surface area (Å²) in [7, 11) is 1.76. The summed E-state index contributed by atoms with van der Waals surface area (Å²) in [6.45, 7) is 5.22. The highest BCUT2D eigenvalue weighted by Gasteiger charge is 2.48. The molecular weight excluding hydrogens is 481 g/mol. The molecule has 1 atom stereocenters. The molecule has 4 rings (SSSR count). The Morgan fingerprint density at radius 2 is 1.74 bits per heavy atom. The second kappa shape index (κ2) is 8.65. The number of alkyl halides is 2. The van der Waals surface area contributed by atoms with E-state index in [9.17, 15) is 18.4 Å². The monoisotopic (exact) mass is 506 g/mol. The van der Waals surface area contributed by atoms with E-state index in [1.807, 2.05) is 13.8 Å². The van der Waals surface area contributed by atoms with Crippen molar-refractivity contribution in [2.45, 2.75) is 51.1 Å². The van der Waals surface area contributed by atoms with Crippen LogP contribution in [0.2, 0.25) is 10.0 Å². The van der Waals surface area contributed by atoms with Gasteiger partial charge in [0.25, 0.3) is 17.7 Å². The first-order chi connectivity index (χ1) is 15.8. The first-order valence-electron chi connectivity index (χ1n) is 11.1. The van der Waals surface area contributed by atoms with Crippen molar-refractivity contribution in [2.24, 2.45) is 0 Å². The quantitative estimate of drug-likeness (QED) is 0.468. The summed E-state index contributed by atoms with van der Waals surface area (Å²) in [5, 5.41) is 0.697. The van der Waals surface area contributed by atoms with Crippen LogP contribution >= 0.6 is 23.2 Å². The standard InChI is InChI=1S/C26H26Cl2F2N2O2/c1-25(2)18-6-5-13-32(23(33)15-7-10-17(11-8-15)26(3,29)30)22(21(18)24(34)31(25)4)16-9-12-19(27)20(28)14-16/h7-12,14,22H,5-6,13H2,1-4H3. The van der Waals surface area contributed by atoms with E-state index in [1.165, 1.54) is 24.3 Å². The molecule has 2 heterocycles. The smallest absolute Gasteiger partial charge is 0.270 e. The zero-order valence-electron chi connectivity index (χ0n) is 19.5. The number of amides is 2. The molecule has 2 aromatic rings. The molecule has 0 saturated heterocycles. The van der Waals surface area contributed by atoms with Gasteiger partial charge in [-0.15, -0.1) is 0 Å². The normalized spacial score (nSPS) is 20.5. The molecule has 0 aromatic heterocycles. The first-order valence-corrected chi connectivity index (χ1v) is 11.9. The van der Waals surface area contributed by atoms with Crippen molar-refractivity contribution in [3.8, 4) is 0 Å². The van der Waals surface area contributed by atoms with Crippen LogP contribution in [0.15, 0.2) is 53.6 Å². The van der Waals surface area contributed by atoms with Crippen LogP contribution in [0.1, 0.15) is 61.1 Å². The van der Waals surface area contributed by atoms with E-state index in [0.29, 0.717) is 40.6 Å². The molecule has 180 valence electrons. The Hall–Kier alpha value is -2.44. The molecule has 0 saturated carbocycles. The molecule has 0 aliphatic carbocycles. The predicted molar refractivity (Wildman–Crippen MR) is 129 cm³/mol. The van der Waals surface area contributed by atoms with Crippen LogP contribution in [0.25, 0.3) is 0 Å². The third-order valence-corrected chi connectivity index (χ3v) is 7.75. The van der Waals surface area contributed by atoms with E-state index < -0.39 is 17.5 Å². The third kappa shape index (κ3) is 4.11. The fourth-order valence-corrected chi connectivity index (χ4v) is 5.15. The highest BCUT2D eigenvalue weighted by atomic mass is 35.5. The Labute approximate surface area is 208 Å². The number of hydrogen-bond acceptors (Lipinski definition) is 2. The summed E-state index contributed by atoms with van der Waals surface area (Å²) in [6.07, 6.45) is 1.33. The largest absolute Gasteiger partial charge is 0.333 e. The number of likely N-dealkylation sites (N-methyl/N-ethyl adjacent to an activating group) is 1. The highest BCUT2D eigenvalue weighted by Crippen LogP contribution is 2.47. The van der Waals surface area contributed by atoms with Crippen LogP contribution in [-0.2, 0) is 10.7 Å². The number of carbonyl (C=O) groups excluding carboxylic acids is 2. The van der Waals surface area contributed by atoms with Gasteiger partial charge in [0, 0.05) is 37.2 Å². The average Bonchev–Trinajstić information content (AvgIpc) is 2.93. The Kier molecular flexibility index (Phi) is 6.28. The van der Waals surface area contributed by atoms with Crippen LogP contribution in [0.4, 0.5) is 8.78 Å². The van der Waals surface area contributed by atoms with E-state index in [1.54, 1.807) is 35.0 Å². The van der Waals surface area contributed by atoms with Gasteiger partial charge in [-0.3, -0.25) is 9.59 Å². The van der Waals surface area contributed by atoms with Gasteiger partial charge in [0.15, 0.2) is 0 Å². The average molecular weight is 507 g/mol. The summed E-state index contributed by atoms with van der Waals surface area (Å²) < 4.78 is 27.4. The zero-order chi connectivity index (χ0) is 25.0. The molecule has 8 heteroatoms. The molecular formula is C26H26Cl2F2N2O2. The van der Waals surface area contributed by atoms with Gasteiger partial charge in [-0.1, -0.05) is 41.4 Å². The van der Waals surface area contributed by atoms with Gasteiger partial charge in [-0.2, -0.15) is 0 Å². The molecule has 0 radical (unpaired) electrons. The minimum Gasteiger partial charge on any atom is -0.333 e. The second-order valence-electron chi connectivity index (χ2n) is 9.46. The molecule has 0 spiro atoms. The number of halogens is 4. The number of carbonyl (C=O) groups is 2. The van der Waals surface area contributed by atoms with Gasteiger partial charge >= 0.3 is 0 Å². The summed E-state index contributed by atoms with van der Waals surface area (Å²) in [6, 6.07) is 9.78. The highest BCUT2D eigenvalue weighted by molar-refractivity contribution is 6.42. The fourth-order valence-electron chi connectivity index (χ4n) is 4.85. The summed E-state index contributed by atoms with van der Waals surface area (Å²) in [5.41, 5.74) is 1.85. The topological polar surface area (TPSA) is 40.6 Å². The van der Waals surface area contributed by atoms with Crippen molar-refractivity contribution >= 4 is 35.0 Å². The lowest BCUT2D eigenvalue weighted by Crippen LogP contribution is -2.42. The van der Waals surface area contributed by atoms with Crippen LogP contribution in [-0.4, -0.2) is 40.7 Å². The van der Waals surface area contributed by atoms with Gasteiger partial charge in [0.2, 0.25) is 0 Å². The summed E-state index contributed by atoms with van der Waals surface area (Å²) in [4.78, 5) is 30.6. The van der Waals surface area contributed by atoms with Gasteiger partial charge in [0.1, 0.15) is 0 Å². The molecule has 1 unspecified atom stereocenters. The molecule has 2 aromatic carbocycles. The van der Waals surface area contributed by atoms with Crippen molar-refractivity contribution in [3.05, 3.63) is 80.3 Å². The number of benzene rings is 2. The maximum atomic E-state index is 13.7. The van der Waals surface area contributed by atoms with Gasteiger partial charge in [-0.25, -0.2) is 8.78 Å². The van der Waals surface area contributed by atoms with Crippen molar-refractivity contribution in [2.75, 3.05) is 13.6 Å². The minimum atomic E-state index is -3.00. The van der Waals surface area contributed by atoms with Crippen molar-refractivity contribution in [1.29, 1.82) is 0 Å². The number of nitrogens with zero attached hydrogens (tertiary/aromatic N) is 2. The van der Waals surface area contributed by atoms with Crippen LogP contribution in [0, 0.1) is 0 Å². The lowest BCUT2D eigenvalue weighted by atomic mass is 9.87. The van der Waals surface area contributed by atoms with E-state index in [2.05, 4.69) is 0 Å². The fraction of sp³-hybridized carbons (Fsp3) is 0.385. The van der Waals surface area contributed by atoms with E-state index in [4.69, 9.17) is 23.2 Å². The van der Waals surface area contributed by atoms with Crippen LogP contribution in [0.5, 0.6) is 0 Å². The molecule has 0 N–H and O–H groups in total. The van der Waals surface area contributed by atoms with E-state index in [0.717, 1.165) is 12.5 Å². The van der Waals surface area contributed by atoms with E-state index >= 15 is 0 Å². The molecule has 2 aliphatic heterocycles. The zero-order valence-corrected chi connectivity index (χ0v) is 21.0. The molecule has 0 fully saturated rings. The lowest BCUT2D eigenvalue weighted by molar-refractivity contribution is -0.127. The molecule has 34 heavy (non-hydrogen) atoms. The third-order valence-electron chi connectivity index (χ3n) is 7.01. The molecule has 2 amide bonds. The SMILES string of the molecule is CN1C(=O)C2=C(CCCN(C(=O)c3ccc(C(C)(F)F)cc3)C2c2ccc(Cl)c(Cl)c2)C1(C)C. The lowest BCUT2D eigenvalue weighted by Gasteiger charge is -2.33. The Morgan fingerprint density at radius 3 is 2.32 bits per heavy atom. The first kappa shape index (κ1) is 24.7. The van der Waals surface area contributed by atoms with Crippen molar-refractivity contribution in [1.82, 2.24) is 9.80 Å². The van der Waals surface area contributed by atoms with Gasteiger partial charge < -0.3 is 9.80 Å². The van der Waals surface area contributed by atoms with Gasteiger partial charge in [-0.05, 0) is 62.1 Å². The van der Waals surface area contributed by atoms with E-state index in [-0.39, 0.29) is 22.9 Å². The van der Waals surface area contributed by atoms with Gasteiger partial charge in [0.05, 0.1) is 21.6 Å². The summed E-state index contributed by atoms with van der Waals surface area (Å²) in [5.74, 6) is -3.48. The van der Waals surface area contributed by atoms with Crippen LogP contribution in [0.3, 0.4) is 0 Å². The molecule has 2 aliphatic rings. The predicted octanol–water partition coefficient (Wildman–Crippen LogP) is 6.63. The maximum Gasteiger partial charge on any atom is 0.270 e. The number of hydrogen-bond donors (Lipinski definition) is 0. The Bertz CT molecular complexity index is 1190. The Balaban J connectivity index is 1.85. The second-order valence-corrected chi connectivity index (χ2v) is 10.3. The van der Waals surface area contributed by atoms with Crippen molar-refractivity contribution in [3.63, 3.8) is 0 Å². The Morgan fingerprint density at radius 1 is 1.09 bits per heavy atom. The number of rotatable bonds is 3. The molecule has 4 nitrogen and oxygen atoms in total. The molecule has 0 bridgehead atoms. The maximum absolute atomic E-state index is 13.7. The van der Waals surface area contributed by atoms with Crippen LogP contribution < -0.4 is 0 Å². The van der Waals surface area contributed by atoms with Crippen molar-refractivity contribution < 1.29 is 18.4 Å².